The van der Waals surface area contributed by atoms with Crippen molar-refractivity contribution in [1.82, 2.24) is 15.5 Å². The average molecular weight is 289 g/mol. The fourth-order valence-corrected chi connectivity index (χ4v) is 2.43. The molecule has 1 heterocycles. The summed E-state index contributed by atoms with van der Waals surface area (Å²) in [6.07, 6.45) is 0.942. The summed E-state index contributed by atoms with van der Waals surface area (Å²) in [4.78, 5) is 25.6. The van der Waals surface area contributed by atoms with Crippen molar-refractivity contribution in [2.45, 2.75) is 39.3 Å². The topological polar surface area (TPSA) is 61.4 Å². The van der Waals surface area contributed by atoms with Gasteiger partial charge >= 0.3 is 6.03 Å². The molecule has 0 unspecified atom stereocenters. The second-order valence-electron chi connectivity index (χ2n) is 6.48. The van der Waals surface area contributed by atoms with Gasteiger partial charge in [0, 0.05) is 18.6 Å². The largest absolute Gasteiger partial charge is 0.333 e. The SMILES string of the molecule is CC(C)(C)NC(=O)NC(=O)CN1CCc2ccccc2C1. The Morgan fingerprint density at radius 3 is 2.52 bits per heavy atom. The summed E-state index contributed by atoms with van der Waals surface area (Å²) in [6.45, 7) is 7.46. The molecule has 0 saturated heterocycles. The van der Waals surface area contributed by atoms with E-state index in [0.29, 0.717) is 0 Å². The van der Waals surface area contributed by atoms with Gasteiger partial charge in [0.25, 0.3) is 0 Å². The van der Waals surface area contributed by atoms with Crippen molar-refractivity contribution in [2.75, 3.05) is 13.1 Å². The van der Waals surface area contributed by atoms with Crippen LogP contribution in [0.15, 0.2) is 24.3 Å². The Bertz CT molecular complexity index is 535. The minimum Gasteiger partial charge on any atom is -0.333 e. The Labute approximate surface area is 125 Å². The van der Waals surface area contributed by atoms with Gasteiger partial charge in [0.1, 0.15) is 0 Å². The highest BCUT2D eigenvalue weighted by atomic mass is 16.2. The molecule has 1 aliphatic heterocycles. The normalized spacial score (nSPS) is 15.2. The van der Waals surface area contributed by atoms with Crippen LogP contribution in [0.25, 0.3) is 0 Å². The molecule has 0 atom stereocenters. The zero-order valence-electron chi connectivity index (χ0n) is 12.9. The van der Waals surface area contributed by atoms with E-state index in [4.69, 9.17) is 0 Å². The fourth-order valence-electron chi connectivity index (χ4n) is 2.43. The van der Waals surface area contributed by atoms with E-state index in [1.807, 2.05) is 32.9 Å². The monoisotopic (exact) mass is 289 g/mol. The number of fused-ring (bicyclic) bond motifs is 1. The van der Waals surface area contributed by atoms with Gasteiger partial charge in [0.05, 0.1) is 6.54 Å². The molecule has 0 radical (unpaired) electrons. The lowest BCUT2D eigenvalue weighted by molar-refractivity contribution is -0.121. The van der Waals surface area contributed by atoms with Crippen molar-refractivity contribution < 1.29 is 9.59 Å². The summed E-state index contributed by atoms with van der Waals surface area (Å²) in [5.74, 6) is -0.267. The van der Waals surface area contributed by atoms with Crippen LogP contribution in [0.1, 0.15) is 31.9 Å². The maximum absolute atomic E-state index is 11.9. The molecule has 0 aliphatic carbocycles. The van der Waals surface area contributed by atoms with E-state index in [1.54, 1.807) is 0 Å². The Kier molecular flexibility index (Phi) is 4.63. The number of imide groups is 1. The van der Waals surface area contributed by atoms with Gasteiger partial charge in [0.2, 0.25) is 5.91 Å². The highest BCUT2D eigenvalue weighted by Gasteiger charge is 2.20. The molecule has 1 aromatic carbocycles. The molecule has 1 aromatic rings. The van der Waals surface area contributed by atoms with E-state index in [2.05, 4.69) is 27.7 Å². The second-order valence-corrected chi connectivity index (χ2v) is 6.48. The van der Waals surface area contributed by atoms with Crippen LogP contribution in [-0.2, 0) is 17.8 Å². The lowest BCUT2D eigenvalue weighted by Crippen LogP contribution is -2.50. The third kappa shape index (κ3) is 4.86. The van der Waals surface area contributed by atoms with Crippen LogP contribution in [0.3, 0.4) is 0 Å². The van der Waals surface area contributed by atoms with Crippen molar-refractivity contribution >= 4 is 11.9 Å². The van der Waals surface area contributed by atoms with E-state index in [9.17, 15) is 9.59 Å². The number of rotatable bonds is 2. The molecular formula is C16H23N3O2. The van der Waals surface area contributed by atoms with Gasteiger partial charge in [-0.2, -0.15) is 0 Å². The quantitative estimate of drug-likeness (QED) is 0.870. The molecule has 1 aliphatic rings. The van der Waals surface area contributed by atoms with Crippen LogP contribution in [-0.4, -0.2) is 35.5 Å². The molecule has 0 fully saturated rings. The van der Waals surface area contributed by atoms with Gasteiger partial charge in [-0.15, -0.1) is 0 Å². The Morgan fingerprint density at radius 2 is 1.86 bits per heavy atom. The number of benzene rings is 1. The van der Waals surface area contributed by atoms with E-state index in [-0.39, 0.29) is 18.0 Å². The maximum Gasteiger partial charge on any atom is 0.321 e. The molecule has 0 bridgehead atoms. The van der Waals surface area contributed by atoms with E-state index in [0.717, 1.165) is 19.5 Å². The van der Waals surface area contributed by atoms with Crippen molar-refractivity contribution in [3.05, 3.63) is 35.4 Å². The number of nitrogens with one attached hydrogen (secondary N) is 2. The van der Waals surface area contributed by atoms with Crippen molar-refractivity contribution in [3.8, 4) is 0 Å². The number of carbonyl (C=O) groups excluding carboxylic acids is 2. The highest BCUT2D eigenvalue weighted by molar-refractivity contribution is 5.95. The van der Waals surface area contributed by atoms with Crippen LogP contribution in [0, 0.1) is 0 Å². The third-order valence-corrected chi connectivity index (χ3v) is 3.32. The van der Waals surface area contributed by atoms with E-state index < -0.39 is 6.03 Å². The summed E-state index contributed by atoms with van der Waals surface area (Å²) < 4.78 is 0. The van der Waals surface area contributed by atoms with Gasteiger partial charge in [-0.25, -0.2) is 4.79 Å². The molecule has 114 valence electrons. The lowest BCUT2D eigenvalue weighted by atomic mass is 10.00. The van der Waals surface area contributed by atoms with Crippen molar-refractivity contribution in [3.63, 3.8) is 0 Å². The first-order chi connectivity index (χ1) is 9.83. The van der Waals surface area contributed by atoms with Crippen LogP contribution in [0.4, 0.5) is 4.79 Å². The summed E-state index contributed by atoms with van der Waals surface area (Å²) in [5, 5.41) is 5.09. The molecule has 2 N–H and O–H groups in total. The van der Waals surface area contributed by atoms with Crippen LogP contribution in [0.5, 0.6) is 0 Å². The molecule has 3 amide bonds. The number of hydrogen-bond donors (Lipinski definition) is 2. The minimum atomic E-state index is -0.440. The van der Waals surface area contributed by atoms with Crippen LogP contribution < -0.4 is 10.6 Å². The Morgan fingerprint density at radius 1 is 1.19 bits per heavy atom. The zero-order valence-corrected chi connectivity index (χ0v) is 12.9. The molecule has 5 heteroatoms. The fraction of sp³-hybridized carbons (Fsp3) is 0.500. The summed E-state index contributed by atoms with van der Waals surface area (Å²) in [7, 11) is 0. The van der Waals surface area contributed by atoms with E-state index in [1.165, 1.54) is 11.1 Å². The number of amides is 3. The minimum absolute atomic E-state index is 0.242. The Balaban J connectivity index is 1.83. The summed E-state index contributed by atoms with van der Waals surface area (Å²) in [5.41, 5.74) is 2.25. The number of nitrogens with zero attached hydrogens (tertiary/aromatic N) is 1. The lowest BCUT2D eigenvalue weighted by Gasteiger charge is -2.28. The van der Waals surface area contributed by atoms with Crippen LogP contribution >= 0.6 is 0 Å². The van der Waals surface area contributed by atoms with Gasteiger partial charge in [-0.05, 0) is 38.3 Å². The molecule has 5 nitrogen and oxygen atoms in total. The Hall–Kier alpha value is -1.88. The predicted molar refractivity (Wildman–Crippen MR) is 81.9 cm³/mol. The predicted octanol–water partition coefficient (Wildman–Crippen LogP) is 1.67. The van der Waals surface area contributed by atoms with Gasteiger partial charge in [-0.1, -0.05) is 24.3 Å². The first kappa shape index (κ1) is 15.5. The summed E-state index contributed by atoms with van der Waals surface area (Å²) >= 11 is 0. The molecule has 2 rings (SSSR count). The van der Waals surface area contributed by atoms with Crippen LogP contribution in [0.2, 0.25) is 0 Å². The highest BCUT2D eigenvalue weighted by Crippen LogP contribution is 2.17. The number of hydrogen-bond acceptors (Lipinski definition) is 3. The first-order valence-corrected chi connectivity index (χ1v) is 7.24. The molecule has 0 saturated carbocycles. The molecule has 0 spiro atoms. The number of carbonyl (C=O) groups is 2. The van der Waals surface area contributed by atoms with Gasteiger partial charge < -0.3 is 5.32 Å². The van der Waals surface area contributed by atoms with Gasteiger partial charge in [-0.3, -0.25) is 15.0 Å². The maximum atomic E-state index is 11.9. The standard InChI is InChI=1S/C16H23N3O2/c1-16(2,3)18-15(21)17-14(20)11-19-9-8-12-6-4-5-7-13(12)10-19/h4-7H,8-11H2,1-3H3,(H2,17,18,20,21). The molecule has 21 heavy (non-hydrogen) atoms. The molecule has 0 aromatic heterocycles. The molecular weight excluding hydrogens is 266 g/mol. The first-order valence-electron chi connectivity index (χ1n) is 7.24. The average Bonchev–Trinajstić information content (AvgIpc) is 2.35. The summed E-state index contributed by atoms with van der Waals surface area (Å²) in [6, 6.07) is 7.83. The van der Waals surface area contributed by atoms with Crippen molar-refractivity contribution in [1.29, 1.82) is 0 Å². The smallest absolute Gasteiger partial charge is 0.321 e. The van der Waals surface area contributed by atoms with E-state index >= 15 is 0 Å². The van der Waals surface area contributed by atoms with Crippen molar-refractivity contribution in [2.24, 2.45) is 0 Å². The number of urea groups is 1. The third-order valence-electron chi connectivity index (χ3n) is 3.32. The second kappa shape index (κ2) is 6.26. The van der Waals surface area contributed by atoms with Gasteiger partial charge in [0.15, 0.2) is 0 Å². The zero-order chi connectivity index (χ0) is 15.5.